The van der Waals surface area contributed by atoms with E-state index in [9.17, 15) is 0 Å². The van der Waals surface area contributed by atoms with Gasteiger partial charge in [-0.15, -0.1) is 0 Å². The minimum Gasteiger partial charge on any atom is -0.310 e. The number of anilines is 3. The second-order valence-corrected chi connectivity index (χ2v) is 22.9. The van der Waals surface area contributed by atoms with E-state index in [1.165, 1.54) is 105 Å². The van der Waals surface area contributed by atoms with Crippen molar-refractivity contribution in [2.24, 2.45) is 17.3 Å². The molecule has 1 nitrogen and oxygen atoms in total. The molecule has 0 fully saturated rings. The van der Waals surface area contributed by atoms with Crippen LogP contribution in [0, 0.1) is 17.3 Å². The second-order valence-electron chi connectivity index (χ2n) is 22.9. The van der Waals surface area contributed by atoms with E-state index in [1.807, 2.05) is 0 Å². The monoisotopic (exact) mass is 939 g/mol. The molecule has 0 bridgehead atoms. The average Bonchev–Trinajstić information content (AvgIpc) is 3.89. The van der Waals surface area contributed by atoms with Gasteiger partial charge in [0.25, 0.3) is 0 Å². The van der Waals surface area contributed by atoms with Crippen molar-refractivity contribution in [3.05, 3.63) is 264 Å². The molecule has 1 spiro atoms. The van der Waals surface area contributed by atoms with Gasteiger partial charge in [-0.2, -0.15) is 0 Å². The van der Waals surface area contributed by atoms with Crippen LogP contribution in [0.25, 0.3) is 71.6 Å². The predicted molar refractivity (Wildman–Crippen MR) is 311 cm³/mol. The minimum atomic E-state index is -0.519. The summed E-state index contributed by atoms with van der Waals surface area (Å²) in [6.07, 6.45) is 5.33. The van der Waals surface area contributed by atoms with Crippen LogP contribution in [-0.4, -0.2) is 0 Å². The highest BCUT2D eigenvalue weighted by Gasteiger charge is 2.55. The van der Waals surface area contributed by atoms with Gasteiger partial charge in [0.2, 0.25) is 0 Å². The Hall–Kier alpha value is -8.00. The maximum atomic E-state index is 2.71. The topological polar surface area (TPSA) is 3.24 Å². The highest BCUT2D eigenvalue weighted by atomic mass is 15.1. The summed E-state index contributed by atoms with van der Waals surface area (Å²) in [4.78, 5) is 2.55. The van der Waals surface area contributed by atoms with Gasteiger partial charge >= 0.3 is 0 Å². The fourth-order valence-electron chi connectivity index (χ4n) is 13.2. The van der Waals surface area contributed by atoms with Crippen molar-refractivity contribution in [3.63, 3.8) is 0 Å². The van der Waals surface area contributed by atoms with Gasteiger partial charge in [0, 0.05) is 16.9 Å². The van der Waals surface area contributed by atoms with Crippen molar-refractivity contribution in [3.8, 4) is 44.5 Å². The molecule has 73 heavy (non-hydrogen) atoms. The molecule has 3 aliphatic rings. The Morgan fingerprint density at radius 2 is 0.945 bits per heavy atom. The van der Waals surface area contributed by atoms with Gasteiger partial charge in [-0.05, 0) is 152 Å². The fourth-order valence-corrected chi connectivity index (χ4v) is 13.2. The Morgan fingerprint density at radius 1 is 0.397 bits per heavy atom. The molecule has 13 rings (SSSR count). The molecule has 1 heteroatoms. The number of hydrogen-bond donors (Lipinski definition) is 0. The molecule has 0 amide bonds. The van der Waals surface area contributed by atoms with E-state index in [2.05, 4.69) is 284 Å². The number of fused-ring (bicyclic) bond motifs is 13. The van der Waals surface area contributed by atoms with Crippen LogP contribution in [-0.2, 0) is 10.8 Å². The van der Waals surface area contributed by atoms with Gasteiger partial charge in [-0.1, -0.05) is 249 Å². The van der Waals surface area contributed by atoms with Crippen LogP contribution in [0.2, 0.25) is 0 Å². The third kappa shape index (κ3) is 7.04. The third-order valence-electron chi connectivity index (χ3n) is 16.6. The van der Waals surface area contributed by atoms with E-state index >= 15 is 0 Å². The van der Waals surface area contributed by atoms with Gasteiger partial charge in [0.15, 0.2) is 0 Å². The summed E-state index contributed by atoms with van der Waals surface area (Å²) in [6.45, 7) is 16.8. The highest BCUT2D eigenvalue weighted by molar-refractivity contribution is 6.09. The van der Waals surface area contributed by atoms with Crippen LogP contribution >= 0.6 is 0 Å². The molecule has 3 atom stereocenters. The van der Waals surface area contributed by atoms with Gasteiger partial charge in [0.05, 0.1) is 11.1 Å². The smallest absolute Gasteiger partial charge is 0.0723 e. The molecule has 0 heterocycles. The highest BCUT2D eigenvalue weighted by Crippen LogP contribution is 2.66. The largest absolute Gasteiger partial charge is 0.310 e. The molecular weight excluding hydrogens is 879 g/mol. The van der Waals surface area contributed by atoms with E-state index in [0.717, 1.165) is 17.1 Å². The third-order valence-corrected chi connectivity index (χ3v) is 16.6. The molecule has 3 unspecified atom stereocenters. The quantitative estimate of drug-likeness (QED) is 0.150. The summed E-state index contributed by atoms with van der Waals surface area (Å²) in [6, 6.07) is 82.3. The van der Waals surface area contributed by atoms with Crippen LogP contribution in [0.1, 0.15) is 76.3 Å². The van der Waals surface area contributed by atoms with Crippen molar-refractivity contribution in [2.45, 2.75) is 59.3 Å². The summed E-state index contributed by atoms with van der Waals surface area (Å²) >= 11 is 0. The molecule has 0 saturated heterocycles. The molecule has 0 aromatic heterocycles. The lowest BCUT2D eigenvalue weighted by atomic mass is 9.64. The van der Waals surface area contributed by atoms with Crippen molar-refractivity contribution in [1.82, 2.24) is 0 Å². The molecule has 3 aliphatic carbocycles. The Kier molecular flexibility index (Phi) is 10.3. The SMILES string of the molecule is CC1C=C2C(=CC1C(C)(C)C)C1(c3cc(C(C)(C)C)ccc32)c2ccccc2-c2ccc(N(c3ccc4c(ccc5ccccc54)c3)c3ccccc3-c3ccccc3-c3ccccc3-c3ccccc3)cc21. The zero-order valence-corrected chi connectivity index (χ0v) is 43.0. The van der Waals surface area contributed by atoms with E-state index in [0.29, 0.717) is 11.8 Å². The molecule has 0 aliphatic heterocycles. The number of para-hydroxylation sites is 1. The fraction of sp³-hybridized carbons (Fsp3) is 0.167. The average molecular weight is 940 g/mol. The number of rotatable bonds is 6. The number of hydrogen-bond acceptors (Lipinski definition) is 1. The van der Waals surface area contributed by atoms with Crippen LogP contribution in [0.3, 0.4) is 0 Å². The van der Waals surface area contributed by atoms with Crippen molar-refractivity contribution in [1.29, 1.82) is 0 Å². The second kappa shape index (κ2) is 16.8. The minimum absolute atomic E-state index is 0.0311. The molecular formula is C72H61N. The molecule has 0 saturated carbocycles. The lowest BCUT2D eigenvalue weighted by Gasteiger charge is -2.39. The zero-order chi connectivity index (χ0) is 49.8. The van der Waals surface area contributed by atoms with Gasteiger partial charge in [-0.25, -0.2) is 0 Å². The molecule has 10 aromatic rings. The van der Waals surface area contributed by atoms with E-state index in [1.54, 1.807) is 0 Å². The lowest BCUT2D eigenvalue weighted by molar-refractivity contribution is 0.243. The van der Waals surface area contributed by atoms with E-state index < -0.39 is 5.41 Å². The summed E-state index contributed by atoms with van der Waals surface area (Å²) in [5, 5.41) is 4.99. The van der Waals surface area contributed by atoms with Gasteiger partial charge < -0.3 is 4.90 Å². The number of benzene rings is 10. The van der Waals surface area contributed by atoms with Crippen LogP contribution < -0.4 is 4.90 Å². The van der Waals surface area contributed by atoms with Gasteiger partial charge in [-0.3, -0.25) is 0 Å². The Labute approximate surface area is 431 Å². The first-order valence-corrected chi connectivity index (χ1v) is 26.3. The maximum absolute atomic E-state index is 2.71. The number of allylic oxidation sites excluding steroid dienone is 4. The van der Waals surface area contributed by atoms with Crippen LogP contribution in [0.4, 0.5) is 17.1 Å². The number of nitrogens with zero attached hydrogens (tertiary/aromatic N) is 1. The first-order chi connectivity index (χ1) is 35.4. The predicted octanol–water partition coefficient (Wildman–Crippen LogP) is 19.7. The van der Waals surface area contributed by atoms with Crippen molar-refractivity contribution in [2.75, 3.05) is 4.90 Å². The molecule has 10 aromatic carbocycles. The van der Waals surface area contributed by atoms with Crippen LogP contribution in [0.5, 0.6) is 0 Å². The summed E-state index contributed by atoms with van der Waals surface area (Å²) in [5.41, 5.74) is 22.4. The summed E-state index contributed by atoms with van der Waals surface area (Å²) < 4.78 is 0. The standard InChI is InChI=1S/C72H61N/c1-46-41-63-61-38-35-50(70(2,3)4)43-66(61)72(68(63)45-65(46)71(5,6)7)64-31-19-17-29-59(64)60-40-37-52(44-67(60)72)73(51-36-39-55-49(42-51)34-33-48-23-11-12-24-53(48)55)69-32-20-18-30-62(69)58-28-16-15-27-57(58)56-26-14-13-25-54(56)47-21-9-8-10-22-47/h8-46,65H,1-7H3. The maximum Gasteiger partial charge on any atom is 0.0723 e. The lowest BCUT2D eigenvalue weighted by Crippen LogP contribution is -2.32. The van der Waals surface area contributed by atoms with E-state index in [4.69, 9.17) is 0 Å². The molecule has 354 valence electrons. The molecule has 0 radical (unpaired) electrons. The van der Waals surface area contributed by atoms with Crippen molar-refractivity contribution < 1.29 is 0 Å². The normalized spacial score (nSPS) is 17.7. The Balaban J connectivity index is 1.09. The summed E-state index contributed by atoms with van der Waals surface area (Å²) in [5.74, 6) is 0.758. The Morgan fingerprint density at radius 3 is 1.70 bits per heavy atom. The zero-order valence-electron chi connectivity index (χ0n) is 43.0. The van der Waals surface area contributed by atoms with Crippen LogP contribution in [0.15, 0.2) is 236 Å². The van der Waals surface area contributed by atoms with Gasteiger partial charge in [0.1, 0.15) is 0 Å². The van der Waals surface area contributed by atoms with Crippen molar-refractivity contribution >= 4 is 44.2 Å². The molecule has 0 N–H and O–H groups in total. The Bertz CT molecular complexity index is 3910. The first kappa shape index (κ1) is 44.9. The van der Waals surface area contributed by atoms with E-state index in [-0.39, 0.29) is 10.8 Å². The first-order valence-electron chi connectivity index (χ1n) is 26.3. The summed E-state index contributed by atoms with van der Waals surface area (Å²) in [7, 11) is 0.